The van der Waals surface area contributed by atoms with E-state index in [9.17, 15) is 0 Å². The number of para-hydroxylation sites is 1. The van der Waals surface area contributed by atoms with Crippen LogP contribution in [0.15, 0.2) is 40.8 Å². The van der Waals surface area contributed by atoms with Crippen molar-refractivity contribution in [3.8, 4) is 5.75 Å². The van der Waals surface area contributed by atoms with Crippen molar-refractivity contribution in [2.24, 2.45) is 5.92 Å². The fraction of sp³-hybridized carbons (Fsp3) is 0.444. The molecule has 1 saturated carbocycles. The summed E-state index contributed by atoms with van der Waals surface area (Å²) in [6.45, 7) is 3.98. The Hall–Kier alpha value is -1.74. The Balaban J connectivity index is 1.45. The van der Waals surface area contributed by atoms with Gasteiger partial charge in [0.15, 0.2) is 0 Å². The summed E-state index contributed by atoms with van der Waals surface area (Å²) in [5.74, 6) is 4.60. The third-order valence-electron chi connectivity index (χ3n) is 4.22. The Morgan fingerprint density at radius 1 is 1.24 bits per heavy atom. The lowest BCUT2D eigenvalue weighted by Gasteiger charge is -2.08. The lowest BCUT2D eigenvalue weighted by molar-refractivity contribution is 0.408. The lowest BCUT2D eigenvalue weighted by Crippen LogP contribution is -2.16. The zero-order valence-corrected chi connectivity index (χ0v) is 12.8. The van der Waals surface area contributed by atoms with Gasteiger partial charge in [-0.15, -0.1) is 0 Å². The minimum atomic E-state index is 0.660. The summed E-state index contributed by atoms with van der Waals surface area (Å²) in [6, 6.07) is 12.4. The molecule has 0 spiro atoms. The van der Waals surface area contributed by atoms with Gasteiger partial charge in [-0.1, -0.05) is 25.1 Å². The number of furan rings is 1. The smallest absolute Gasteiger partial charge is 0.122 e. The van der Waals surface area contributed by atoms with Gasteiger partial charge in [-0.05, 0) is 49.1 Å². The molecule has 1 heterocycles. The molecule has 1 N–H and O–H groups in total. The Morgan fingerprint density at radius 2 is 2.05 bits per heavy atom. The van der Waals surface area contributed by atoms with Crippen LogP contribution >= 0.6 is 0 Å². The fourth-order valence-electron chi connectivity index (χ4n) is 2.75. The van der Waals surface area contributed by atoms with Crippen LogP contribution in [0.3, 0.4) is 0 Å². The Bertz CT molecular complexity index is 590. The van der Waals surface area contributed by atoms with E-state index in [0.29, 0.717) is 5.92 Å². The summed E-state index contributed by atoms with van der Waals surface area (Å²) in [7, 11) is 1.72. The van der Waals surface area contributed by atoms with Crippen LogP contribution in [0.1, 0.15) is 36.3 Å². The summed E-state index contributed by atoms with van der Waals surface area (Å²) < 4.78 is 11.2. The fourth-order valence-corrected chi connectivity index (χ4v) is 2.75. The van der Waals surface area contributed by atoms with Gasteiger partial charge in [-0.2, -0.15) is 0 Å². The van der Waals surface area contributed by atoms with Crippen molar-refractivity contribution in [2.75, 3.05) is 13.7 Å². The highest BCUT2D eigenvalue weighted by molar-refractivity contribution is 5.33. The monoisotopic (exact) mass is 285 g/mol. The largest absolute Gasteiger partial charge is 0.496 e. The highest BCUT2D eigenvalue weighted by Gasteiger charge is 2.36. The van der Waals surface area contributed by atoms with Crippen molar-refractivity contribution >= 4 is 0 Å². The van der Waals surface area contributed by atoms with Crippen LogP contribution < -0.4 is 10.1 Å². The number of rotatable bonds is 7. The molecular weight excluding hydrogens is 262 g/mol. The van der Waals surface area contributed by atoms with Gasteiger partial charge in [0.2, 0.25) is 0 Å². The van der Waals surface area contributed by atoms with E-state index in [0.717, 1.165) is 42.7 Å². The van der Waals surface area contributed by atoms with Crippen LogP contribution in [0.5, 0.6) is 5.75 Å². The van der Waals surface area contributed by atoms with E-state index >= 15 is 0 Å². The molecule has 3 nitrogen and oxygen atoms in total. The second kappa shape index (κ2) is 6.35. The highest BCUT2D eigenvalue weighted by Crippen LogP contribution is 2.47. The lowest BCUT2D eigenvalue weighted by atomic mass is 10.1. The minimum Gasteiger partial charge on any atom is -0.496 e. The van der Waals surface area contributed by atoms with E-state index in [-0.39, 0.29) is 0 Å². The molecule has 0 aliphatic heterocycles. The van der Waals surface area contributed by atoms with Gasteiger partial charge < -0.3 is 14.5 Å². The van der Waals surface area contributed by atoms with Gasteiger partial charge in [0.25, 0.3) is 0 Å². The average Bonchev–Trinajstić information content (AvgIpc) is 3.06. The molecule has 3 rings (SSSR count). The van der Waals surface area contributed by atoms with Crippen LogP contribution in [0.25, 0.3) is 0 Å². The number of ether oxygens (including phenoxy) is 1. The van der Waals surface area contributed by atoms with Gasteiger partial charge in [-0.25, -0.2) is 0 Å². The van der Waals surface area contributed by atoms with E-state index < -0.39 is 0 Å². The molecule has 1 aromatic carbocycles. The van der Waals surface area contributed by atoms with Crippen molar-refractivity contribution in [3.05, 3.63) is 53.5 Å². The topological polar surface area (TPSA) is 34.4 Å². The predicted octanol–water partition coefficient (Wildman–Crippen LogP) is 3.74. The maximum atomic E-state index is 5.89. The van der Waals surface area contributed by atoms with E-state index in [2.05, 4.69) is 30.4 Å². The van der Waals surface area contributed by atoms with Crippen molar-refractivity contribution < 1.29 is 9.15 Å². The van der Waals surface area contributed by atoms with Crippen molar-refractivity contribution in [1.82, 2.24) is 5.32 Å². The number of hydrogen-bond donors (Lipinski definition) is 1. The summed E-state index contributed by atoms with van der Waals surface area (Å²) in [6.07, 6.45) is 2.23. The van der Waals surface area contributed by atoms with Gasteiger partial charge in [0.05, 0.1) is 13.7 Å². The molecule has 2 unspecified atom stereocenters. The molecule has 1 aliphatic carbocycles. The van der Waals surface area contributed by atoms with Gasteiger partial charge in [0.1, 0.15) is 17.3 Å². The summed E-state index contributed by atoms with van der Waals surface area (Å²) in [5.41, 5.74) is 1.24. The Kier molecular flexibility index (Phi) is 4.30. The molecule has 1 aromatic heterocycles. The first kappa shape index (κ1) is 14.2. The van der Waals surface area contributed by atoms with E-state index in [1.54, 1.807) is 7.11 Å². The minimum absolute atomic E-state index is 0.660. The average molecular weight is 285 g/mol. The first-order valence-electron chi connectivity index (χ1n) is 7.69. The molecule has 1 aliphatic rings. The maximum Gasteiger partial charge on any atom is 0.122 e. The second-order valence-corrected chi connectivity index (χ2v) is 5.86. The quantitative estimate of drug-likeness (QED) is 0.787. The molecule has 2 aromatic rings. The van der Waals surface area contributed by atoms with Crippen molar-refractivity contribution in [3.63, 3.8) is 0 Å². The molecule has 0 amide bonds. The van der Waals surface area contributed by atoms with Gasteiger partial charge >= 0.3 is 0 Å². The molecule has 2 atom stereocenters. The highest BCUT2D eigenvalue weighted by atomic mass is 16.5. The molecule has 0 radical (unpaired) electrons. The van der Waals surface area contributed by atoms with Gasteiger partial charge in [-0.3, -0.25) is 0 Å². The number of benzene rings is 1. The van der Waals surface area contributed by atoms with Gasteiger partial charge in [0, 0.05) is 5.92 Å². The molecule has 3 heteroatoms. The predicted molar refractivity (Wildman–Crippen MR) is 83.6 cm³/mol. The second-order valence-electron chi connectivity index (χ2n) is 5.86. The number of hydrogen-bond acceptors (Lipinski definition) is 3. The first-order valence-corrected chi connectivity index (χ1v) is 7.69. The van der Waals surface area contributed by atoms with Crippen LogP contribution in [-0.2, 0) is 13.0 Å². The van der Waals surface area contributed by atoms with Crippen molar-refractivity contribution in [2.45, 2.75) is 32.2 Å². The van der Waals surface area contributed by atoms with Crippen LogP contribution in [0, 0.1) is 5.92 Å². The molecule has 0 bridgehead atoms. The molecule has 0 saturated heterocycles. The van der Waals surface area contributed by atoms with Crippen LogP contribution in [-0.4, -0.2) is 13.7 Å². The molecular formula is C18H23NO2. The van der Waals surface area contributed by atoms with Crippen molar-refractivity contribution in [1.29, 1.82) is 0 Å². The number of methoxy groups -OCH3 is 1. The SMILES string of the molecule is COc1ccccc1CCNCc1ccc(C2CC2C)o1. The summed E-state index contributed by atoms with van der Waals surface area (Å²) in [5, 5.41) is 3.44. The third kappa shape index (κ3) is 3.48. The van der Waals surface area contributed by atoms with Crippen LogP contribution in [0.4, 0.5) is 0 Å². The zero-order chi connectivity index (χ0) is 14.7. The standard InChI is InChI=1S/C18H23NO2/c1-13-11-16(13)18-8-7-15(21-18)12-19-10-9-14-5-3-4-6-17(14)20-2/h3-8,13,16,19H,9-12H2,1-2H3. The van der Waals surface area contributed by atoms with E-state index in [1.165, 1.54) is 12.0 Å². The first-order chi connectivity index (χ1) is 10.3. The van der Waals surface area contributed by atoms with Crippen LogP contribution in [0.2, 0.25) is 0 Å². The summed E-state index contributed by atoms with van der Waals surface area (Å²) in [4.78, 5) is 0. The Morgan fingerprint density at radius 3 is 2.81 bits per heavy atom. The van der Waals surface area contributed by atoms with E-state index in [1.807, 2.05) is 18.2 Å². The maximum absolute atomic E-state index is 5.89. The van der Waals surface area contributed by atoms with E-state index in [4.69, 9.17) is 9.15 Å². The molecule has 21 heavy (non-hydrogen) atoms. The number of nitrogens with one attached hydrogen (secondary N) is 1. The zero-order valence-electron chi connectivity index (χ0n) is 12.8. The normalized spacial score (nSPS) is 20.5. The molecule has 1 fully saturated rings. The Labute approximate surface area is 126 Å². The third-order valence-corrected chi connectivity index (χ3v) is 4.22. The summed E-state index contributed by atoms with van der Waals surface area (Å²) >= 11 is 0. The molecule has 112 valence electrons.